The second kappa shape index (κ2) is 5.85. The molecule has 8 heteroatoms. The van der Waals surface area contributed by atoms with Crippen LogP contribution in [0.4, 0.5) is 5.69 Å². The van der Waals surface area contributed by atoms with E-state index in [2.05, 4.69) is 0 Å². The van der Waals surface area contributed by atoms with Crippen molar-refractivity contribution in [1.29, 1.82) is 0 Å². The molecule has 0 saturated carbocycles. The molecule has 1 heterocycles. The summed E-state index contributed by atoms with van der Waals surface area (Å²) in [5, 5.41) is 29.1. The molecule has 0 spiro atoms. The van der Waals surface area contributed by atoms with Gasteiger partial charge >= 0.3 is 5.69 Å². The van der Waals surface area contributed by atoms with E-state index in [4.69, 9.17) is 9.84 Å². The van der Waals surface area contributed by atoms with Crippen LogP contribution in [0.3, 0.4) is 0 Å². The third-order valence-corrected chi connectivity index (χ3v) is 3.05. The van der Waals surface area contributed by atoms with Crippen LogP contribution >= 0.6 is 0 Å². The van der Waals surface area contributed by atoms with E-state index in [9.17, 15) is 20.0 Å². The van der Waals surface area contributed by atoms with Crippen molar-refractivity contribution >= 4 is 11.6 Å². The third-order valence-electron chi connectivity index (χ3n) is 3.05. The van der Waals surface area contributed by atoms with E-state index in [0.29, 0.717) is 13.2 Å². The number of hydrogen-bond donors (Lipinski definition) is 2. The molecule has 1 amide bonds. The van der Waals surface area contributed by atoms with Crippen LogP contribution in [0, 0.1) is 10.1 Å². The Morgan fingerprint density at radius 2 is 2.30 bits per heavy atom. The van der Waals surface area contributed by atoms with Gasteiger partial charge in [0, 0.05) is 24.7 Å². The lowest BCUT2D eigenvalue weighted by atomic mass is 10.1. The van der Waals surface area contributed by atoms with Crippen LogP contribution in [0.15, 0.2) is 18.2 Å². The Balaban J connectivity index is 2.17. The SMILES string of the molecule is O=C(c1ccc([N+](=O)[O-])c(O)c1)N1CCOC(CO)C1. The van der Waals surface area contributed by atoms with Crippen LogP contribution in [0.5, 0.6) is 5.75 Å². The third kappa shape index (κ3) is 2.86. The Bertz CT molecular complexity index is 533. The molecule has 1 aliphatic heterocycles. The molecular formula is C12H14N2O6. The lowest BCUT2D eigenvalue weighted by Gasteiger charge is -2.32. The van der Waals surface area contributed by atoms with E-state index in [1.165, 1.54) is 11.0 Å². The Morgan fingerprint density at radius 1 is 1.55 bits per heavy atom. The Morgan fingerprint density at radius 3 is 2.90 bits per heavy atom. The second-order valence-electron chi connectivity index (χ2n) is 4.39. The van der Waals surface area contributed by atoms with Gasteiger partial charge in [-0.3, -0.25) is 14.9 Å². The van der Waals surface area contributed by atoms with Gasteiger partial charge in [-0.15, -0.1) is 0 Å². The summed E-state index contributed by atoms with van der Waals surface area (Å²) in [7, 11) is 0. The number of aliphatic hydroxyl groups is 1. The number of nitro benzene ring substituents is 1. The Hall–Kier alpha value is -2.19. The minimum atomic E-state index is -0.722. The molecular weight excluding hydrogens is 268 g/mol. The quantitative estimate of drug-likeness (QED) is 0.602. The lowest BCUT2D eigenvalue weighted by Crippen LogP contribution is -2.46. The molecule has 108 valence electrons. The lowest BCUT2D eigenvalue weighted by molar-refractivity contribution is -0.385. The number of phenols is 1. The van der Waals surface area contributed by atoms with E-state index in [-0.39, 0.29) is 24.6 Å². The van der Waals surface area contributed by atoms with Crippen molar-refractivity contribution in [2.75, 3.05) is 26.3 Å². The fraction of sp³-hybridized carbons (Fsp3) is 0.417. The summed E-state index contributed by atoms with van der Waals surface area (Å²) in [6.45, 7) is 0.741. The first kappa shape index (κ1) is 14.2. The normalized spacial score (nSPS) is 18.9. The van der Waals surface area contributed by atoms with E-state index in [0.717, 1.165) is 12.1 Å². The van der Waals surface area contributed by atoms with Gasteiger partial charge in [-0.2, -0.15) is 0 Å². The number of benzene rings is 1. The first-order valence-electron chi connectivity index (χ1n) is 6.02. The highest BCUT2D eigenvalue weighted by molar-refractivity contribution is 5.95. The molecule has 8 nitrogen and oxygen atoms in total. The van der Waals surface area contributed by atoms with Crippen molar-refractivity contribution in [1.82, 2.24) is 4.90 Å². The fourth-order valence-electron chi connectivity index (χ4n) is 2.01. The molecule has 1 saturated heterocycles. The summed E-state index contributed by atoms with van der Waals surface area (Å²) >= 11 is 0. The molecule has 1 unspecified atom stereocenters. The number of hydrogen-bond acceptors (Lipinski definition) is 6. The van der Waals surface area contributed by atoms with Crippen molar-refractivity contribution in [2.24, 2.45) is 0 Å². The first-order chi connectivity index (χ1) is 9.52. The summed E-state index contributed by atoms with van der Waals surface area (Å²) in [5.41, 5.74) is -0.288. The van der Waals surface area contributed by atoms with Crippen LogP contribution in [0.1, 0.15) is 10.4 Å². The molecule has 1 aromatic rings. The minimum Gasteiger partial charge on any atom is -0.502 e. The van der Waals surface area contributed by atoms with Gasteiger partial charge < -0.3 is 19.8 Å². The van der Waals surface area contributed by atoms with Gasteiger partial charge in [0.1, 0.15) is 0 Å². The maximum absolute atomic E-state index is 12.2. The largest absolute Gasteiger partial charge is 0.502 e. The smallest absolute Gasteiger partial charge is 0.310 e. The number of amides is 1. The van der Waals surface area contributed by atoms with E-state index in [1.807, 2.05) is 0 Å². The summed E-state index contributed by atoms with van der Waals surface area (Å²) in [6, 6.07) is 3.46. The highest BCUT2D eigenvalue weighted by Gasteiger charge is 2.25. The molecule has 1 fully saturated rings. The molecule has 1 aliphatic rings. The first-order valence-corrected chi connectivity index (χ1v) is 6.02. The number of ether oxygens (including phenoxy) is 1. The number of aromatic hydroxyl groups is 1. The van der Waals surface area contributed by atoms with Gasteiger partial charge in [0.15, 0.2) is 5.75 Å². The number of nitrogens with zero attached hydrogens (tertiary/aromatic N) is 2. The van der Waals surface area contributed by atoms with Crippen LogP contribution in [0.2, 0.25) is 0 Å². The van der Waals surface area contributed by atoms with Crippen LogP contribution in [0.25, 0.3) is 0 Å². The highest BCUT2D eigenvalue weighted by Crippen LogP contribution is 2.27. The van der Waals surface area contributed by atoms with Gasteiger partial charge in [0.25, 0.3) is 5.91 Å². The number of rotatable bonds is 3. The Kier molecular flexibility index (Phi) is 4.16. The highest BCUT2D eigenvalue weighted by atomic mass is 16.6. The maximum atomic E-state index is 12.2. The maximum Gasteiger partial charge on any atom is 0.310 e. The molecule has 0 radical (unpaired) electrons. The number of carbonyl (C=O) groups is 1. The van der Waals surface area contributed by atoms with Crippen molar-refractivity contribution < 1.29 is 24.7 Å². The number of phenolic OH excluding ortho intramolecular Hbond substituents is 1. The zero-order chi connectivity index (χ0) is 14.7. The summed E-state index contributed by atoms with van der Waals surface area (Å²) in [6.07, 6.45) is -0.431. The monoisotopic (exact) mass is 282 g/mol. The van der Waals surface area contributed by atoms with Crippen molar-refractivity contribution in [3.8, 4) is 5.75 Å². The van der Waals surface area contributed by atoms with Gasteiger partial charge in [0.05, 0.1) is 24.2 Å². The molecule has 2 N–H and O–H groups in total. The van der Waals surface area contributed by atoms with Crippen LogP contribution < -0.4 is 0 Å². The molecule has 1 atom stereocenters. The zero-order valence-electron chi connectivity index (χ0n) is 10.6. The number of morpholine rings is 1. The van der Waals surface area contributed by atoms with Gasteiger partial charge in [-0.25, -0.2) is 0 Å². The summed E-state index contributed by atoms with van der Waals surface area (Å²) in [5.74, 6) is -0.912. The zero-order valence-corrected chi connectivity index (χ0v) is 10.6. The molecule has 2 rings (SSSR count). The predicted molar refractivity (Wildman–Crippen MR) is 67.5 cm³/mol. The fourth-order valence-corrected chi connectivity index (χ4v) is 2.01. The Labute approximate surface area is 114 Å². The second-order valence-corrected chi connectivity index (χ2v) is 4.39. The van der Waals surface area contributed by atoms with Crippen molar-refractivity contribution in [3.63, 3.8) is 0 Å². The summed E-state index contributed by atoms with van der Waals surface area (Å²) < 4.78 is 5.24. The van der Waals surface area contributed by atoms with Crippen LogP contribution in [-0.2, 0) is 4.74 Å². The number of nitro groups is 1. The summed E-state index contributed by atoms with van der Waals surface area (Å²) in [4.78, 5) is 23.5. The molecule has 20 heavy (non-hydrogen) atoms. The number of aliphatic hydroxyl groups excluding tert-OH is 1. The number of carbonyl (C=O) groups excluding carboxylic acids is 1. The van der Waals surface area contributed by atoms with Crippen molar-refractivity contribution in [3.05, 3.63) is 33.9 Å². The van der Waals surface area contributed by atoms with Gasteiger partial charge in [-0.1, -0.05) is 0 Å². The van der Waals surface area contributed by atoms with Crippen molar-refractivity contribution in [2.45, 2.75) is 6.10 Å². The van der Waals surface area contributed by atoms with E-state index < -0.39 is 22.5 Å². The molecule has 0 aromatic heterocycles. The molecule has 0 bridgehead atoms. The standard InChI is InChI=1S/C12H14N2O6/c15-7-9-6-13(3-4-20-9)12(17)8-1-2-10(14(18)19)11(16)5-8/h1-2,5,9,15-16H,3-4,6-7H2. The van der Waals surface area contributed by atoms with E-state index >= 15 is 0 Å². The van der Waals surface area contributed by atoms with Crippen LogP contribution in [-0.4, -0.2) is 58.4 Å². The molecule has 1 aromatic carbocycles. The van der Waals surface area contributed by atoms with E-state index in [1.54, 1.807) is 0 Å². The van der Waals surface area contributed by atoms with Gasteiger partial charge in [0.2, 0.25) is 0 Å². The minimum absolute atomic E-state index is 0.159. The average molecular weight is 282 g/mol. The topological polar surface area (TPSA) is 113 Å². The average Bonchev–Trinajstić information content (AvgIpc) is 2.46. The molecule has 0 aliphatic carbocycles. The van der Waals surface area contributed by atoms with Gasteiger partial charge in [-0.05, 0) is 12.1 Å². The predicted octanol–water partition coefficient (Wildman–Crippen LogP) is 0.134.